The summed E-state index contributed by atoms with van der Waals surface area (Å²) in [5, 5.41) is 2.16. The summed E-state index contributed by atoms with van der Waals surface area (Å²) in [5.41, 5.74) is 1.04. The molecule has 0 amide bonds. The predicted octanol–water partition coefficient (Wildman–Crippen LogP) is 4.79. The lowest BCUT2D eigenvalue weighted by Gasteiger charge is -2.17. The van der Waals surface area contributed by atoms with Gasteiger partial charge in [0, 0.05) is 17.5 Å². The third-order valence-corrected chi connectivity index (χ3v) is 3.39. The second-order valence-corrected chi connectivity index (χ2v) is 5.59. The van der Waals surface area contributed by atoms with Crippen LogP contribution in [0.5, 0.6) is 5.88 Å². The van der Waals surface area contributed by atoms with E-state index < -0.39 is 0 Å². The molecule has 0 N–H and O–H groups in total. The van der Waals surface area contributed by atoms with Gasteiger partial charge in [-0.2, -0.15) is 0 Å². The van der Waals surface area contributed by atoms with Crippen molar-refractivity contribution in [2.45, 2.75) is 39.2 Å². The molecule has 3 heteroatoms. The number of nitrogens with zero attached hydrogens (tertiary/aromatic N) is 1. The van der Waals surface area contributed by atoms with Crippen molar-refractivity contribution in [1.29, 1.82) is 0 Å². The minimum absolute atomic E-state index is 0.165. The number of hydrogen-bond acceptors (Lipinski definition) is 2. The Bertz CT molecular complexity index is 553. The number of alkyl halides is 1. The van der Waals surface area contributed by atoms with Crippen LogP contribution in [0.1, 0.15) is 32.8 Å². The monoisotopic (exact) mass is 277 g/mol. The number of ether oxygens (including phenoxy) is 1. The Hall–Kier alpha value is -1.28. The second kappa shape index (κ2) is 6.25. The third kappa shape index (κ3) is 3.38. The van der Waals surface area contributed by atoms with Gasteiger partial charge in [0.1, 0.15) is 0 Å². The lowest BCUT2D eigenvalue weighted by atomic mass is 10.1. The lowest BCUT2D eigenvalue weighted by molar-refractivity contribution is 0.188. The van der Waals surface area contributed by atoms with Crippen LogP contribution in [0.25, 0.3) is 10.8 Å². The first-order valence-electron chi connectivity index (χ1n) is 6.71. The van der Waals surface area contributed by atoms with Crippen molar-refractivity contribution in [3.05, 3.63) is 36.0 Å². The molecule has 0 saturated carbocycles. The van der Waals surface area contributed by atoms with Gasteiger partial charge in [-0.05, 0) is 36.3 Å². The largest absolute Gasteiger partial charge is 0.474 e. The van der Waals surface area contributed by atoms with Gasteiger partial charge < -0.3 is 4.74 Å². The minimum Gasteiger partial charge on any atom is -0.474 e. The summed E-state index contributed by atoms with van der Waals surface area (Å²) in [7, 11) is 0. The first kappa shape index (κ1) is 14.1. The summed E-state index contributed by atoms with van der Waals surface area (Å²) in [6.07, 6.45) is 3.00. The first-order chi connectivity index (χ1) is 9.11. The van der Waals surface area contributed by atoms with Crippen LogP contribution < -0.4 is 4.74 Å². The van der Waals surface area contributed by atoms with Crippen molar-refractivity contribution in [2.24, 2.45) is 5.92 Å². The van der Waals surface area contributed by atoms with Crippen molar-refractivity contribution in [3.63, 3.8) is 0 Å². The van der Waals surface area contributed by atoms with Crippen molar-refractivity contribution >= 4 is 22.4 Å². The molecule has 1 aromatic heterocycles. The lowest BCUT2D eigenvalue weighted by Crippen LogP contribution is -2.15. The quantitative estimate of drug-likeness (QED) is 0.733. The van der Waals surface area contributed by atoms with E-state index in [1.165, 1.54) is 0 Å². The van der Waals surface area contributed by atoms with Gasteiger partial charge in [-0.15, -0.1) is 11.6 Å². The SMILES string of the molecule is CC(C)CC(C)Oc1ncc(CCl)c2ccccc12. The molecule has 102 valence electrons. The number of pyridine rings is 1. The zero-order valence-corrected chi connectivity index (χ0v) is 12.4. The summed E-state index contributed by atoms with van der Waals surface area (Å²) in [6.45, 7) is 6.48. The molecule has 1 atom stereocenters. The highest BCUT2D eigenvalue weighted by Crippen LogP contribution is 2.28. The van der Waals surface area contributed by atoms with Gasteiger partial charge in [0.2, 0.25) is 5.88 Å². The Morgan fingerprint density at radius 2 is 1.84 bits per heavy atom. The Labute approximate surface area is 119 Å². The Morgan fingerprint density at radius 1 is 1.16 bits per heavy atom. The topological polar surface area (TPSA) is 22.1 Å². The molecular formula is C16H20ClNO. The maximum Gasteiger partial charge on any atom is 0.221 e. The van der Waals surface area contributed by atoms with Crippen molar-refractivity contribution < 1.29 is 4.74 Å². The van der Waals surface area contributed by atoms with E-state index in [0.717, 1.165) is 22.8 Å². The van der Waals surface area contributed by atoms with Gasteiger partial charge in [-0.25, -0.2) is 4.98 Å². The molecule has 0 aliphatic rings. The van der Waals surface area contributed by atoms with Crippen LogP contribution in [-0.4, -0.2) is 11.1 Å². The van der Waals surface area contributed by atoms with Crippen LogP contribution in [0.4, 0.5) is 0 Å². The Morgan fingerprint density at radius 3 is 2.47 bits per heavy atom. The molecule has 1 heterocycles. The van der Waals surface area contributed by atoms with Gasteiger partial charge >= 0.3 is 0 Å². The van der Waals surface area contributed by atoms with Crippen molar-refractivity contribution in [2.75, 3.05) is 0 Å². The summed E-state index contributed by atoms with van der Waals surface area (Å²) < 4.78 is 5.98. The number of hydrogen-bond donors (Lipinski definition) is 0. The van der Waals surface area contributed by atoms with Gasteiger partial charge in [-0.3, -0.25) is 0 Å². The molecule has 1 aromatic carbocycles. The summed E-state index contributed by atoms with van der Waals surface area (Å²) in [6, 6.07) is 8.12. The van der Waals surface area contributed by atoms with Crippen LogP contribution in [0.3, 0.4) is 0 Å². The maximum absolute atomic E-state index is 5.98. The van der Waals surface area contributed by atoms with E-state index in [1.807, 2.05) is 24.4 Å². The predicted molar refractivity (Wildman–Crippen MR) is 80.8 cm³/mol. The number of rotatable bonds is 5. The van der Waals surface area contributed by atoms with Crippen molar-refractivity contribution in [3.8, 4) is 5.88 Å². The Kier molecular flexibility index (Phi) is 4.65. The molecule has 2 aromatic rings. The van der Waals surface area contributed by atoms with E-state index in [0.29, 0.717) is 17.7 Å². The van der Waals surface area contributed by atoms with Crippen LogP contribution >= 0.6 is 11.6 Å². The van der Waals surface area contributed by atoms with E-state index in [9.17, 15) is 0 Å². The Balaban J connectivity index is 2.34. The highest BCUT2D eigenvalue weighted by Gasteiger charge is 2.12. The average Bonchev–Trinajstić information content (AvgIpc) is 2.38. The summed E-state index contributed by atoms with van der Waals surface area (Å²) in [5.74, 6) is 1.79. The van der Waals surface area contributed by atoms with Crippen LogP contribution in [0.15, 0.2) is 30.5 Å². The zero-order chi connectivity index (χ0) is 13.8. The normalized spacial score (nSPS) is 12.9. The highest BCUT2D eigenvalue weighted by molar-refractivity contribution is 6.18. The molecule has 0 aliphatic carbocycles. The molecular weight excluding hydrogens is 258 g/mol. The first-order valence-corrected chi connectivity index (χ1v) is 7.24. The molecule has 19 heavy (non-hydrogen) atoms. The zero-order valence-electron chi connectivity index (χ0n) is 11.7. The van der Waals surface area contributed by atoms with Crippen LogP contribution in [-0.2, 0) is 5.88 Å². The fraction of sp³-hybridized carbons (Fsp3) is 0.438. The molecule has 0 fully saturated rings. The fourth-order valence-electron chi connectivity index (χ4n) is 2.33. The molecule has 1 unspecified atom stereocenters. The molecule has 0 saturated heterocycles. The molecule has 2 rings (SSSR count). The molecule has 0 bridgehead atoms. The number of fused-ring (bicyclic) bond motifs is 1. The van der Waals surface area contributed by atoms with Gasteiger partial charge in [0.15, 0.2) is 0 Å². The second-order valence-electron chi connectivity index (χ2n) is 5.33. The molecule has 2 nitrogen and oxygen atoms in total. The molecule has 0 spiro atoms. The smallest absolute Gasteiger partial charge is 0.221 e. The number of aromatic nitrogens is 1. The van der Waals surface area contributed by atoms with Crippen molar-refractivity contribution in [1.82, 2.24) is 4.98 Å². The van der Waals surface area contributed by atoms with E-state index in [-0.39, 0.29) is 6.10 Å². The highest BCUT2D eigenvalue weighted by atomic mass is 35.5. The average molecular weight is 278 g/mol. The maximum atomic E-state index is 5.98. The third-order valence-electron chi connectivity index (χ3n) is 3.10. The minimum atomic E-state index is 0.165. The van der Waals surface area contributed by atoms with E-state index >= 15 is 0 Å². The molecule has 0 radical (unpaired) electrons. The van der Waals surface area contributed by atoms with E-state index in [2.05, 4.69) is 31.8 Å². The summed E-state index contributed by atoms with van der Waals surface area (Å²) in [4.78, 5) is 4.42. The van der Waals surface area contributed by atoms with Gasteiger partial charge in [0.25, 0.3) is 0 Å². The van der Waals surface area contributed by atoms with Gasteiger partial charge in [-0.1, -0.05) is 32.0 Å². The summed E-state index contributed by atoms with van der Waals surface area (Å²) >= 11 is 5.95. The van der Waals surface area contributed by atoms with Crippen LogP contribution in [0.2, 0.25) is 0 Å². The van der Waals surface area contributed by atoms with E-state index in [4.69, 9.17) is 16.3 Å². The molecule has 0 aliphatic heterocycles. The van der Waals surface area contributed by atoms with E-state index in [1.54, 1.807) is 0 Å². The van der Waals surface area contributed by atoms with Crippen LogP contribution in [0, 0.1) is 5.92 Å². The fourth-order valence-corrected chi connectivity index (χ4v) is 2.54. The van der Waals surface area contributed by atoms with Gasteiger partial charge in [0.05, 0.1) is 6.10 Å². The standard InChI is InChI=1S/C16H20ClNO/c1-11(2)8-12(3)19-16-15-7-5-4-6-14(15)13(9-17)10-18-16/h4-7,10-12H,8-9H2,1-3H3. The number of benzene rings is 1. The number of halogens is 1.